The van der Waals surface area contributed by atoms with Gasteiger partial charge in [0.15, 0.2) is 0 Å². The van der Waals surface area contributed by atoms with Crippen LogP contribution in [0.15, 0.2) is 18.2 Å². The van der Waals surface area contributed by atoms with Gasteiger partial charge in [-0.25, -0.2) is 0 Å². The monoisotopic (exact) mass is 274 g/mol. The Morgan fingerprint density at radius 1 is 1.55 bits per heavy atom. The Kier molecular flexibility index (Phi) is 3.84. The van der Waals surface area contributed by atoms with Crippen LogP contribution in [0.5, 0.6) is 0 Å². The van der Waals surface area contributed by atoms with Crippen LogP contribution in [-0.4, -0.2) is 35.4 Å². The van der Waals surface area contributed by atoms with Crippen LogP contribution in [0.3, 0.4) is 0 Å². The molecular weight excluding hydrogens is 260 g/mol. The molecule has 1 aliphatic heterocycles. The number of carbonyl (C=O) groups excluding carboxylic acids is 1. The van der Waals surface area contributed by atoms with Crippen molar-refractivity contribution in [1.29, 1.82) is 5.26 Å². The number of nitro groups is 1. The molecule has 2 rings (SSSR count). The Balaban J connectivity index is 2.13. The lowest BCUT2D eigenvalue weighted by Crippen LogP contribution is -2.43. The molecule has 0 aliphatic carbocycles. The minimum absolute atomic E-state index is 0.0280. The zero-order valence-corrected chi connectivity index (χ0v) is 11.0. The first-order valence-electron chi connectivity index (χ1n) is 6.20. The first-order valence-corrected chi connectivity index (χ1v) is 6.20. The zero-order valence-electron chi connectivity index (χ0n) is 11.0. The van der Waals surface area contributed by atoms with E-state index in [4.69, 9.17) is 5.26 Å². The summed E-state index contributed by atoms with van der Waals surface area (Å²) in [5.74, 6) is 0.115. The van der Waals surface area contributed by atoms with Crippen LogP contribution in [0.4, 0.5) is 11.4 Å². The summed E-state index contributed by atoms with van der Waals surface area (Å²) in [6.45, 7) is 0.581. The number of likely N-dealkylation sites (tertiary alicyclic amines) is 1. The molecule has 0 radical (unpaired) electrons. The number of nitriles is 1. The van der Waals surface area contributed by atoms with Gasteiger partial charge in [0.25, 0.3) is 5.69 Å². The van der Waals surface area contributed by atoms with Crippen LogP contribution >= 0.6 is 0 Å². The number of piperidine rings is 1. The highest BCUT2D eigenvalue weighted by Crippen LogP contribution is 2.23. The fourth-order valence-electron chi connectivity index (χ4n) is 2.24. The standard InChI is InChI=1S/C13H14N4O3/c1-16-8-11(3-5-13(16)18)15-10-2-4-12(17(19)20)9(6-10)7-14/h2,4,6,11,15H,3,5,8H2,1H3. The molecule has 0 spiro atoms. The number of benzene rings is 1. The number of nitrogens with zero attached hydrogens (tertiary/aromatic N) is 3. The molecule has 20 heavy (non-hydrogen) atoms. The molecule has 7 heteroatoms. The van der Waals surface area contributed by atoms with Crippen LogP contribution in [0.25, 0.3) is 0 Å². The van der Waals surface area contributed by atoms with Gasteiger partial charge in [0.05, 0.1) is 4.92 Å². The summed E-state index contributed by atoms with van der Waals surface area (Å²) < 4.78 is 0. The van der Waals surface area contributed by atoms with Crippen LogP contribution in [0.1, 0.15) is 18.4 Å². The molecular formula is C13H14N4O3. The Hall–Kier alpha value is -2.62. The van der Waals surface area contributed by atoms with Crippen LogP contribution < -0.4 is 5.32 Å². The summed E-state index contributed by atoms with van der Waals surface area (Å²) in [5, 5.41) is 22.9. The lowest BCUT2D eigenvalue weighted by Gasteiger charge is -2.30. The molecule has 1 aromatic carbocycles. The van der Waals surface area contributed by atoms with Gasteiger partial charge in [-0.1, -0.05) is 0 Å². The Morgan fingerprint density at radius 2 is 2.30 bits per heavy atom. The van der Waals surface area contributed by atoms with Crippen LogP contribution in [0.2, 0.25) is 0 Å². The maximum atomic E-state index is 11.4. The van der Waals surface area contributed by atoms with Crippen molar-refractivity contribution in [2.75, 3.05) is 18.9 Å². The molecule has 1 amide bonds. The highest BCUT2D eigenvalue weighted by atomic mass is 16.6. The average molecular weight is 274 g/mol. The smallest absolute Gasteiger partial charge is 0.287 e. The van der Waals surface area contributed by atoms with E-state index in [0.717, 1.165) is 0 Å². The molecule has 1 atom stereocenters. The van der Waals surface area contributed by atoms with Gasteiger partial charge < -0.3 is 10.2 Å². The number of carbonyl (C=O) groups is 1. The molecule has 1 aliphatic rings. The van der Waals surface area contributed by atoms with Gasteiger partial charge in [0, 0.05) is 37.8 Å². The Morgan fingerprint density at radius 3 is 2.90 bits per heavy atom. The lowest BCUT2D eigenvalue weighted by molar-refractivity contribution is -0.385. The van der Waals surface area contributed by atoms with E-state index in [1.807, 2.05) is 6.07 Å². The number of nitro benzene ring substituents is 1. The van der Waals surface area contributed by atoms with Crippen molar-refractivity contribution >= 4 is 17.3 Å². The minimum Gasteiger partial charge on any atom is -0.380 e. The summed E-state index contributed by atoms with van der Waals surface area (Å²) in [4.78, 5) is 23.2. The molecule has 0 saturated carbocycles. The number of nitrogens with one attached hydrogen (secondary N) is 1. The molecule has 1 fully saturated rings. The largest absolute Gasteiger partial charge is 0.380 e. The summed E-state index contributed by atoms with van der Waals surface area (Å²) in [7, 11) is 1.74. The number of likely N-dealkylation sites (N-methyl/N-ethyl adjacent to an activating group) is 1. The lowest BCUT2D eigenvalue weighted by atomic mass is 10.0. The second kappa shape index (κ2) is 5.57. The SMILES string of the molecule is CN1CC(Nc2ccc([N+](=O)[O-])c(C#N)c2)CCC1=O. The Bertz CT molecular complexity index is 594. The second-order valence-electron chi connectivity index (χ2n) is 4.76. The molecule has 7 nitrogen and oxygen atoms in total. The van der Waals surface area contributed by atoms with Crippen molar-refractivity contribution in [3.05, 3.63) is 33.9 Å². The zero-order chi connectivity index (χ0) is 14.7. The quantitative estimate of drug-likeness (QED) is 0.665. The first kappa shape index (κ1) is 13.8. The van der Waals surface area contributed by atoms with Gasteiger partial charge in [0.2, 0.25) is 5.91 Å². The van der Waals surface area contributed by atoms with E-state index in [1.54, 1.807) is 18.0 Å². The fraction of sp³-hybridized carbons (Fsp3) is 0.385. The molecule has 1 aromatic rings. The highest BCUT2D eigenvalue weighted by Gasteiger charge is 2.23. The van der Waals surface area contributed by atoms with Crippen molar-refractivity contribution in [3.63, 3.8) is 0 Å². The summed E-state index contributed by atoms with van der Waals surface area (Å²) >= 11 is 0. The molecule has 1 heterocycles. The van der Waals surface area contributed by atoms with Crippen molar-refractivity contribution < 1.29 is 9.72 Å². The average Bonchev–Trinajstić information content (AvgIpc) is 2.42. The normalized spacial score (nSPS) is 18.5. The third-order valence-electron chi connectivity index (χ3n) is 3.31. The summed E-state index contributed by atoms with van der Waals surface area (Å²) in [6.07, 6.45) is 1.19. The topological polar surface area (TPSA) is 99.3 Å². The third kappa shape index (κ3) is 2.85. The molecule has 104 valence electrons. The van der Waals surface area contributed by atoms with E-state index in [1.165, 1.54) is 12.1 Å². The van der Waals surface area contributed by atoms with E-state index in [9.17, 15) is 14.9 Å². The number of hydrogen-bond acceptors (Lipinski definition) is 5. The molecule has 1 unspecified atom stereocenters. The van der Waals surface area contributed by atoms with Crippen molar-refractivity contribution in [2.45, 2.75) is 18.9 Å². The predicted octanol–water partition coefficient (Wildman–Crippen LogP) is 1.50. The van der Waals surface area contributed by atoms with E-state index in [-0.39, 0.29) is 23.2 Å². The van der Waals surface area contributed by atoms with Gasteiger partial charge in [-0.15, -0.1) is 0 Å². The van der Waals surface area contributed by atoms with Crippen molar-refractivity contribution in [1.82, 2.24) is 4.90 Å². The van der Waals surface area contributed by atoms with E-state index in [2.05, 4.69) is 5.32 Å². The predicted molar refractivity (Wildman–Crippen MR) is 72.1 cm³/mol. The van der Waals surface area contributed by atoms with Gasteiger partial charge in [-0.2, -0.15) is 5.26 Å². The number of amides is 1. The number of hydrogen-bond donors (Lipinski definition) is 1. The van der Waals surface area contributed by atoms with E-state index < -0.39 is 4.92 Å². The van der Waals surface area contributed by atoms with E-state index in [0.29, 0.717) is 25.1 Å². The number of anilines is 1. The van der Waals surface area contributed by atoms with E-state index >= 15 is 0 Å². The van der Waals surface area contributed by atoms with Gasteiger partial charge in [-0.3, -0.25) is 14.9 Å². The van der Waals surface area contributed by atoms with Crippen LogP contribution in [0, 0.1) is 21.4 Å². The van der Waals surface area contributed by atoms with Crippen molar-refractivity contribution in [2.24, 2.45) is 0 Å². The summed E-state index contributed by atoms with van der Waals surface area (Å²) in [5.41, 5.74) is 0.481. The molecule has 1 N–H and O–H groups in total. The van der Waals surface area contributed by atoms with Gasteiger partial charge in [0.1, 0.15) is 11.6 Å². The highest BCUT2D eigenvalue weighted by molar-refractivity contribution is 5.77. The Labute approximate surface area is 115 Å². The minimum atomic E-state index is -0.574. The summed E-state index contributed by atoms with van der Waals surface area (Å²) in [6, 6.07) is 6.28. The molecule has 0 bridgehead atoms. The van der Waals surface area contributed by atoms with Crippen molar-refractivity contribution in [3.8, 4) is 6.07 Å². The van der Waals surface area contributed by atoms with Crippen LogP contribution in [-0.2, 0) is 4.79 Å². The van der Waals surface area contributed by atoms with Gasteiger partial charge in [-0.05, 0) is 18.6 Å². The first-order chi connectivity index (χ1) is 9.51. The number of rotatable bonds is 3. The maximum absolute atomic E-state index is 11.4. The maximum Gasteiger partial charge on any atom is 0.287 e. The second-order valence-corrected chi connectivity index (χ2v) is 4.76. The molecule has 0 aromatic heterocycles. The third-order valence-corrected chi connectivity index (χ3v) is 3.31. The van der Waals surface area contributed by atoms with Gasteiger partial charge >= 0.3 is 0 Å². The molecule has 1 saturated heterocycles. The fourth-order valence-corrected chi connectivity index (χ4v) is 2.24.